The van der Waals surface area contributed by atoms with E-state index in [-0.39, 0.29) is 11.7 Å². The van der Waals surface area contributed by atoms with E-state index in [0.29, 0.717) is 0 Å². The van der Waals surface area contributed by atoms with Gasteiger partial charge in [-0.3, -0.25) is 4.79 Å². The monoisotopic (exact) mass is 266 g/mol. The highest BCUT2D eigenvalue weighted by molar-refractivity contribution is 5.78. The Balaban J connectivity index is 3.35. The van der Waals surface area contributed by atoms with E-state index in [9.17, 15) is 4.79 Å². The van der Waals surface area contributed by atoms with Gasteiger partial charge in [0.15, 0.2) is 0 Å². The van der Waals surface area contributed by atoms with Gasteiger partial charge in [-0.05, 0) is 54.8 Å². The van der Waals surface area contributed by atoms with Gasteiger partial charge in [0.05, 0.1) is 0 Å². The Morgan fingerprint density at radius 1 is 1.50 bits per heavy atom. The second-order valence-corrected chi connectivity index (χ2v) is 5.23. The van der Waals surface area contributed by atoms with Crippen LogP contribution in [0, 0.1) is 25.2 Å². The molecule has 0 saturated heterocycles. The third-order valence-corrected chi connectivity index (χ3v) is 3.59. The van der Waals surface area contributed by atoms with E-state index in [4.69, 9.17) is 6.42 Å². The number of carbonyl (C=O) groups is 1. The van der Waals surface area contributed by atoms with Crippen molar-refractivity contribution in [3.05, 3.63) is 45.3 Å². The maximum absolute atomic E-state index is 11.4. The van der Waals surface area contributed by atoms with Crippen molar-refractivity contribution < 1.29 is 4.79 Å². The molecule has 1 rings (SSSR count). The first-order valence-corrected chi connectivity index (χ1v) is 6.82. The molecule has 0 aliphatic heterocycles. The lowest BCUT2D eigenvalue weighted by Crippen LogP contribution is -2.27. The molecule has 1 heteroatoms. The summed E-state index contributed by atoms with van der Waals surface area (Å²) in [6.07, 6.45) is 10.1. The molecule has 0 aliphatic rings. The fourth-order valence-electron chi connectivity index (χ4n) is 2.04. The molecule has 0 saturated carbocycles. The Kier molecular flexibility index (Phi) is 5.53. The van der Waals surface area contributed by atoms with Gasteiger partial charge >= 0.3 is 0 Å². The van der Waals surface area contributed by atoms with Gasteiger partial charge in [0.25, 0.3) is 0 Å². The number of aryl methyl sites for hydroxylation is 1. The number of benzene rings is 1. The van der Waals surface area contributed by atoms with Crippen molar-refractivity contribution in [1.82, 2.24) is 0 Å². The SMILES string of the molecule is C#CC(/C=c1/cc(CC(C)C(C)=O)cc(C)c1=C)=C/C. The topological polar surface area (TPSA) is 17.1 Å². The summed E-state index contributed by atoms with van der Waals surface area (Å²) in [5.41, 5.74) is 3.11. The minimum atomic E-state index is 0.0340. The van der Waals surface area contributed by atoms with Crippen LogP contribution in [-0.4, -0.2) is 5.78 Å². The molecule has 0 bridgehead atoms. The maximum Gasteiger partial charge on any atom is 0.132 e. The van der Waals surface area contributed by atoms with Crippen molar-refractivity contribution in [3.63, 3.8) is 0 Å². The molecule has 104 valence electrons. The summed E-state index contributed by atoms with van der Waals surface area (Å²) >= 11 is 0. The number of carbonyl (C=O) groups excluding carboxylic acids is 1. The first kappa shape index (κ1) is 16.0. The molecule has 1 unspecified atom stereocenters. The summed E-state index contributed by atoms with van der Waals surface area (Å²) in [5, 5.41) is 2.01. The number of Topliss-reactive ketones (excluding diaryl/α,β-unsaturated/α-hetero) is 1. The molecular formula is C19H22O. The number of rotatable bonds is 4. The van der Waals surface area contributed by atoms with Crippen LogP contribution >= 0.6 is 0 Å². The molecule has 0 radical (unpaired) electrons. The van der Waals surface area contributed by atoms with E-state index in [1.807, 2.05) is 32.9 Å². The second-order valence-electron chi connectivity index (χ2n) is 5.23. The Bertz CT molecular complexity index is 684. The van der Waals surface area contributed by atoms with Crippen LogP contribution in [0.4, 0.5) is 0 Å². The van der Waals surface area contributed by atoms with E-state index in [1.165, 1.54) is 0 Å². The molecule has 0 N–H and O–H groups in total. The van der Waals surface area contributed by atoms with Crippen LogP contribution in [-0.2, 0) is 11.2 Å². The van der Waals surface area contributed by atoms with E-state index in [0.717, 1.165) is 33.6 Å². The summed E-state index contributed by atoms with van der Waals surface area (Å²) in [7, 11) is 0. The summed E-state index contributed by atoms with van der Waals surface area (Å²) in [4.78, 5) is 11.4. The predicted octanol–water partition coefficient (Wildman–Crippen LogP) is 2.53. The lowest BCUT2D eigenvalue weighted by atomic mass is 9.95. The van der Waals surface area contributed by atoms with Gasteiger partial charge in [-0.25, -0.2) is 0 Å². The summed E-state index contributed by atoms with van der Waals surface area (Å²) in [6.45, 7) is 11.6. The first-order valence-electron chi connectivity index (χ1n) is 6.82. The van der Waals surface area contributed by atoms with Crippen LogP contribution in [0.25, 0.3) is 12.7 Å². The summed E-state index contributed by atoms with van der Waals surface area (Å²) in [6, 6.07) is 4.18. The van der Waals surface area contributed by atoms with Crippen molar-refractivity contribution in [1.29, 1.82) is 0 Å². The van der Waals surface area contributed by atoms with Crippen molar-refractivity contribution in [2.45, 2.75) is 34.1 Å². The van der Waals surface area contributed by atoms with Crippen LogP contribution in [0.5, 0.6) is 0 Å². The zero-order chi connectivity index (χ0) is 15.3. The largest absolute Gasteiger partial charge is 0.300 e. The molecule has 0 heterocycles. The van der Waals surface area contributed by atoms with Gasteiger partial charge in [-0.1, -0.05) is 37.6 Å². The Morgan fingerprint density at radius 3 is 2.65 bits per heavy atom. The van der Waals surface area contributed by atoms with Gasteiger partial charge < -0.3 is 0 Å². The number of hydrogen-bond donors (Lipinski definition) is 0. The van der Waals surface area contributed by atoms with E-state index in [1.54, 1.807) is 6.92 Å². The standard InChI is InChI=1S/C19H22O/c1-7-17(8-2)11-19-12-18(9-13(3)15(19)5)10-14(4)16(6)20/h1,8-9,11-12,14H,5,10H2,2-4,6H3/b17-8-,19-11-. The van der Waals surface area contributed by atoms with Gasteiger partial charge in [0, 0.05) is 11.5 Å². The highest BCUT2D eigenvalue weighted by Crippen LogP contribution is 2.08. The first-order chi connectivity index (χ1) is 9.38. The van der Waals surface area contributed by atoms with E-state index >= 15 is 0 Å². The van der Waals surface area contributed by atoms with Crippen LogP contribution in [0.2, 0.25) is 0 Å². The molecule has 1 nitrogen and oxygen atoms in total. The molecule has 0 fully saturated rings. The van der Waals surface area contributed by atoms with Crippen LogP contribution in [0.1, 0.15) is 31.9 Å². The number of terminal acetylenes is 1. The fraction of sp³-hybridized carbons (Fsp3) is 0.316. The molecule has 0 aliphatic carbocycles. The van der Waals surface area contributed by atoms with Crippen LogP contribution in [0.15, 0.2) is 23.8 Å². The predicted molar refractivity (Wildman–Crippen MR) is 86.6 cm³/mol. The maximum atomic E-state index is 11.4. The lowest BCUT2D eigenvalue weighted by molar-refractivity contribution is -0.120. The second kappa shape index (κ2) is 6.91. The van der Waals surface area contributed by atoms with Gasteiger partial charge in [0.1, 0.15) is 5.78 Å². The van der Waals surface area contributed by atoms with Gasteiger partial charge in [0.2, 0.25) is 0 Å². The number of hydrogen-bond acceptors (Lipinski definition) is 1. The molecule has 0 spiro atoms. The third kappa shape index (κ3) is 3.96. The zero-order valence-electron chi connectivity index (χ0n) is 12.8. The van der Waals surface area contributed by atoms with E-state index in [2.05, 4.69) is 24.6 Å². The van der Waals surface area contributed by atoms with Gasteiger partial charge in [-0.15, -0.1) is 6.42 Å². The average Bonchev–Trinajstić information content (AvgIpc) is 2.40. The summed E-state index contributed by atoms with van der Waals surface area (Å²) in [5.74, 6) is 2.90. The quantitative estimate of drug-likeness (QED) is 0.765. The normalized spacial score (nSPS) is 13.9. The van der Waals surface area contributed by atoms with Crippen molar-refractivity contribution >= 4 is 18.4 Å². The number of ketones is 1. The van der Waals surface area contributed by atoms with Crippen molar-refractivity contribution in [2.75, 3.05) is 0 Å². The molecule has 1 atom stereocenters. The molecular weight excluding hydrogens is 244 g/mol. The van der Waals surface area contributed by atoms with Crippen LogP contribution < -0.4 is 10.4 Å². The fourth-order valence-corrected chi connectivity index (χ4v) is 2.04. The highest BCUT2D eigenvalue weighted by Gasteiger charge is 2.09. The summed E-state index contributed by atoms with van der Waals surface area (Å²) < 4.78 is 0. The van der Waals surface area contributed by atoms with E-state index < -0.39 is 0 Å². The smallest absolute Gasteiger partial charge is 0.132 e. The lowest BCUT2D eigenvalue weighted by Gasteiger charge is -2.09. The molecule has 0 amide bonds. The van der Waals surface area contributed by atoms with Crippen molar-refractivity contribution in [3.8, 4) is 12.3 Å². The Hall–Kier alpha value is -2.07. The molecule has 1 aromatic rings. The molecule has 0 aromatic heterocycles. The number of allylic oxidation sites excluding steroid dienone is 2. The van der Waals surface area contributed by atoms with Crippen LogP contribution in [0.3, 0.4) is 0 Å². The third-order valence-electron chi connectivity index (χ3n) is 3.59. The zero-order valence-corrected chi connectivity index (χ0v) is 12.8. The minimum Gasteiger partial charge on any atom is -0.300 e. The van der Waals surface area contributed by atoms with Gasteiger partial charge in [-0.2, -0.15) is 0 Å². The molecule has 20 heavy (non-hydrogen) atoms. The Morgan fingerprint density at radius 2 is 2.15 bits per heavy atom. The Labute approximate surface area is 121 Å². The minimum absolute atomic E-state index is 0.0340. The molecule has 1 aromatic carbocycles. The van der Waals surface area contributed by atoms with Crippen molar-refractivity contribution in [2.24, 2.45) is 5.92 Å². The average molecular weight is 266 g/mol. The highest BCUT2D eigenvalue weighted by atomic mass is 16.1.